The Morgan fingerprint density at radius 1 is 1.44 bits per heavy atom. The van der Waals surface area contributed by atoms with Gasteiger partial charge in [0.15, 0.2) is 10.5 Å². The minimum atomic E-state index is -4.78. The summed E-state index contributed by atoms with van der Waals surface area (Å²) in [7, 11) is -4.78. The van der Waals surface area contributed by atoms with E-state index in [-0.39, 0.29) is 29.5 Å². The topological polar surface area (TPSA) is 177 Å². The third-order valence-electron chi connectivity index (χ3n) is 4.52. The lowest BCUT2D eigenvalue weighted by Gasteiger charge is -2.21. The monoisotopic (exact) mass is 417 g/mol. The number of aliphatic carboxylic acids is 1. The maximum absolute atomic E-state index is 12.4. The number of hydrogen-bond donors (Lipinski definition) is 4. The van der Waals surface area contributed by atoms with E-state index in [1.165, 1.54) is 12.1 Å². The van der Waals surface area contributed by atoms with Gasteiger partial charge in [-0.25, -0.2) is 10.1 Å². The second-order valence-electron chi connectivity index (χ2n) is 6.07. The van der Waals surface area contributed by atoms with Gasteiger partial charge in [-0.05, 0) is 30.5 Å². The molecule has 27 heavy (non-hydrogen) atoms. The summed E-state index contributed by atoms with van der Waals surface area (Å²) < 4.78 is 42.1. The summed E-state index contributed by atoms with van der Waals surface area (Å²) >= 11 is 0.543. The van der Waals surface area contributed by atoms with Crippen LogP contribution in [0.4, 0.5) is 5.69 Å². The largest absolute Gasteiger partial charge is 0.481 e. The van der Waals surface area contributed by atoms with Gasteiger partial charge in [0.2, 0.25) is 0 Å². The lowest BCUT2D eigenvalue weighted by Crippen LogP contribution is -2.19. The molecule has 1 aliphatic carbocycles. The van der Waals surface area contributed by atoms with Crippen molar-refractivity contribution in [2.24, 2.45) is 0 Å². The fourth-order valence-electron chi connectivity index (χ4n) is 3.53. The summed E-state index contributed by atoms with van der Waals surface area (Å²) in [5.74, 6) is -1.66. The van der Waals surface area contributed by atoms with E-state index in [9.17, 15) is 22.6 Å². The van der Waals surface area contributed by atoms with E-state index in [1.807, 2.05) is 0 Å². The van der Waals surface area contributed by atoms with Crippen LogP contribution in [-0.4, -0.2) is 34.6 Å². The number of carboxylic acid groups (broad SMARTS) is 1. The van der Waals surface area contributed by atoms with Crippen molar-refractivity contribution in [2.75, 3.05) is 5.73 Å². The molecule has 0 aliphatic heterocycles. The Labute approximate surface area is 156 Å². The molecule has 0 saturated heterocycles. The zero-order valence-electron chi connectivity index (χ0n) is 13.6. The van der Waals surface area contributed by atoms with Gasteiger partial charge in [-0.1, -0.05) is 0 Å². The van der Waals surface area contributed by atoms with E-state index in [1.54, 1.807) is 0 Å². The average Bonchev–Trinajstić information content (AvgIpc) is 2.98. The van der Waals surface area contributed by atoms with E-state index in [0.29, 0.717) is 24.0 Å². The molecule has 2 atom stereocenters. The zero-order chi connectivity index (χ0) is 19.9. The predicted molar refractivity (Wildman–Crippen MR) is 95.1 cm³/mol. The minimum absolute atomic E-state index is 0.225. The Bertz CT molecular complexity index is 1080. The molecule has 5 N–H and O–H groups in total. The Balaban J connectivity index is 2.31. The average molecular weight is 417 g/mol. The molecule has 1 heterocycles. The molecule has 10 nitrogen and oxygen atoms in total. The number of fused-ring (bicyclic) bond motifs is 3. The molecular formula is C15H15NO9S2. The number of rotatable bonds is 6. The van der Waals surface area contributed by atoms with E-state index in [4.69, 9.17) is 20.5 Å². The Kier molecular flexibility index (Phi) is 5.18. The highest BCUT2D eigenvalue weighted by molar-refractivity contribution is 7.95. The van der Waals surface area contributed by atoms with Crippen LogP contribution in [0.25, 0.3) is 11.0 Å². The zero-order valence-corrected chi connectivity index (χ0v) is 15.2. The number of nitrogens with two attached hydrogens (primary N) is 1. The molecule has 3 rings (SSSR count). The van der Waals surface area contributed by atoms with Gasteiger partial charge in [0.25, 0.3) is 10.1 Å². The van der Waals surface area contributed by atoms with Crippen LogP contribution < -0.4 is 11.4 Å². The highest BCUT2D eigenvalue weighted by atomic mass is 32.2. The van der Waals surface area contributed by atoms with Crippen molar-refractivity contribution in [3.8, 4) is 0 Å². The van der Waals surface area contributed by atoms with Gasteiger partial charge < -0.3 is 15.3 Å². The molecule has 0 saturated carbocycles. The number of carbonyl (C=O) groups is 1. The fraction of sp³-hybridized carbons (Fsp3) is 0.333. The van der Waals surface area contributed by atoms with Gasteiger partial charge in [-0.3, -0.25) is 9.35 Å². The van der Waals surface area contributed by atoms with Crippen molar-refractivity contribution >= 4 is 44.8 Å². The second-order valence-corrected chi connectivity index (χ2v) is 8.38. The molecule has 0 radical (unpaired) electrons. The molecule has 0 bridgehead atoms. The predicted octanol–water partition coefficient (Wildman–Crippen LogP) is 1.63. The Morgan fingerprint density at radius 2 is 2.15 bits per heavy atom. The van der Waals surface area contributed by atoms with Gasteiger partial charge in [-0.2, -0.15) is 12.8 Å². The standard InChI is InChI=1S/C15H15NO9S2/c16-9-4-3-7-12-6(10(26-25-20)5-11(17)18)1-2-8(12)15(19)24-13(7)14(9)27(21,22)23/h3-4,6,10,20H,1-2,5,16H2,(H,17,18)(H,21,22,23). The van der Waals surface area contributed by atoms with Gasteiger partial charge in [0.05, 0.1) is 17.4 Å². The number of anilines is 1. The lowest BCUT2D eigenvalue weighted by molar-refractivity contribution is -0.137. The number of hydrogen-bond acceptors (Lipinski definition) is 9. The summed E-state index contributed by atoms with van der Waals surface area (Å²) in [5, 5.41) is 17.4. The maximum Gasteiger partial charge on any atom is 0.339 e. The van der Waals surface area contributed by atoms with E-state index in [0.717, 1.165) is 0 Å². The molecular weight excluding hydrogens is 402 g/mol. The quantitative estimate of drug-likeness (QED) is 0.134. The van der Waals surface area contributed by atoms with Crippen molar-refractivity contribution in [1.82, 2.24) is 0 Å². The number of benzene rings is 1. The first-order chi connectivity index (χ1) is 12.6. The molecule has 12 heteroatoms. The highest BCUT2D eigenvalue weighted by Gasteiger charge is 2.37. The first-order valence-electron chi connectivity index (χ1n) is 7.69. The Hall–Kier alpha value is -2.12. The summed E-state index contributed by atoms with van der Waals surface area (Å²) in [6.45, 7) is 0. The van der Waals surface area contributed by atoms with E-state index < -0.39 is 43.4 Å². The first kappa shape index (κ1) is 19.6. The SMILES string of the molecule is Nc1ccc2c3c(c(=O)oc2c1S(=O)(=O)O)CCC3C(CC(=O)O)SOO. The normalized spacial score (nSPS) is 17.8. The van der Waals surface area contributed by atoms with Crippen LogP contribution in [0.3, 0.4) is 0 Å². The third-order valence-corrected chi connectivity index (χ3v) is 6.29. The summed E-state index contributed by atoms with van der Waals surface area (Å²) in [4.78, 5) is 22.8. The second kappa shape index (κ2) is 7.13. The van der Waals surface area contributed by atoms with Crippen LogP contribution in [0.15, 0.2) is 26.2 Å². The molecule has 1 aromatic heterocycles. The summed E-state index contributed by atoms with van der Waals surface area (Å²) in [6.07, 6.45) is 0.294. The summed E-state index contributed by atoms with van der Waals surface area (Å²) in [5.41, 5.74) is 4.85. The Morgan fingerprint density at radius 3 is 2.74 bits per heavy atom. The molecule has 2 aromatic rings. The smallest absolute Gasteiger partial charge is 0.339 e. The van der Waals surface area contributed by atoms with Crippen molar-refractivity contribution in [3.05, 3.63) is 33.7 Å². The number of nitrogen functional groups attached to an aromatic ring is 1. The van der Waals surface area contributed by atoms with E-state index in [2.05, 4.69) is 4.33 Å². The van der Waals surface area contributed by atoms with E-state index >= 15 is 0 Å². The van der Waals surface area contributed by atoms with Crippen LogP contribution in [-0.2, 0) is 25.7 Å². The molecule has 146 valence electrons. The molecule has 0 spiro atoms. The van der Waals surface area contributed by atoms with Gasteiger partial charge >= 0.3 is 11.6 Å². The number of carboxylic acids is 1. The van der Waals surface area contributed by atoms with Gasteiger partial charge in [0, 0.05) is 28.9 Å². The van der Waals surface area contributed by atoms with Crippen molar-refractivity contribution < 1.29 is 36.9 Å². The van der Waals surface area contributed by atoms with Crippen molar-refractivity contribution in [1.29, 1.82) is 0 Å². The van der Waals surface area contributed by atoms with Crippen LogP contribution in [0, 0.1) is 0 Å². The molecule has 0 amide bonds. The maximum atomic E-state index is 12.4. The molecule has 1 aromatic carbocycles. The fourth-order valence-corrected chi connectivity index (χ4v) is 5.01. The minimum Gasteiger partial charge on any atom is -0.481 e. The first-order valence-corrected chi connectivity index (χ1v) is 9.93. The van der Waals surface area contributed by atoms with Crippen LogP contribution in [0.5, 0.6) is 0 Å². The van der Waals surface area contributed by atoms with Gasteiger partial charge in [0.1, 0.15) is 0 Å². The molecule has 1 aliphatic rings. The lowest BCUT2D eigenvalue weighted by atomic mass is 9.93. The third kappa shape index (κ3) is 3.53. The highest BCUT2D eigenvalue weighted by Crippen LogP contribution is 2.45. The van der Waals surface area contributed by atoms with Crippen LogP contribution in [0.2, 0.25) is 0 Å². The molecule has 2 unspecified atom stereocenters. The van der Waals surface area contributed by atoms with Crippen LogP contribution in [0.1, 0.15) is 29.9 Å². The van der Waals surface area contributed by atoms with Gasteiger partial charge in [-0.15, -0.1) is 0 Å². The summed E-state index contributed by atoms with van der Waals surface area (Å²) in [6, 6.07) is 2.70. The van der Waals surface area contributed by atoms with Crippen molar-refractivity contribution in [2.45, 2.75) is 35.3 Å². The van der Waals surface area contributed by atoms with Crippen LogP contribution >= 0.6 is 12.0 Å². The molecule has 0 fully saturated rings. The van der Waals surface area contributed by atoms with Crippen molar-refractivity contribution in [3.63, 3.8) is 0 Å².